The molecule has 0 radical (unpaired) electrons. The van der Waals surface area contributed by atoms with E-state index in [1.165, 1.54) is 6.07 Å². The standard InChI is InChI=1S/C10H6N2OS/c13-9-2-1-8-5-7(3-4-14)6-11-10(8)12-9/h1-2,5-6,14H,(H,11,12,13). The fourth-order valence-corrected chi connectivity index (χ4v) is 1.30. The third kappa shape index (κ3) is 1.63. The summed E-state index contributed by atoms with van der Waals surface area (Å²) in [6.07, 6.45) is 1.60. The molecule has 0 spiro atoms. The zero-order chi connectivity index (χ0) is 9.97. The number of fused-ring (bicyclic) bond motifs is 1. The maximum Gasteiger partial charge on any atom is 0.249 e. The van der Waals surface area contributed by atoms with E-state index in [-0.39, 0.29) is 5.56 Å². The summed E-state index contributed by atoms with van der Waals surface area (Å²) in [6.45, 7) is 0. The molecule has 2 aromatic rings. The molecule has 0 amide bonds. The van der Waals surface area contributed by atoms with Crippen LogP contribution in [0.25, 0.3) is 11.0 Å². The predicted octanol–water partition coefficient (Wildman–Crippen LogP) is 1.16. The maximum atomic E-state index is 11.0. The van der Waals surface area contributed by atoms with Crippen LogP contribution in [0.15, 0.2) is 29.2 Å². The Morgan fingerprint density at radius 1 is 1.43 bits per heavy atom. The van der Waals surface area contributed by atoms with Crippen LogP contribution in [-0.2, 0) is 0 Å². The third-order valence-electron chi connectivity index (χ3n) is 1.77. The van der Waals surface area contributed by atoms with Crippen LogP contribution in [0.3, 0.4) is 0 Å². The number of aromatic nitrogens is 2. The highest BCUT2D eigenvalue weighted by Crippen LogP contribution is 2.07. The Hall–Kier alpha value is -1.73. The summed E-state index contributed by atoms with van der Waals surface area (Å²) in [5, 5.41) is 3.35. The molecule has 3 nitrogen and oxygen atoms in total. The first-order chi connectivity index (χ1) is 6.79. The van der Waals surface area contributed by atoms with Gasteiger partial charge in [-0.05, 0) is 17.4 Å². The molecule has 14 heavy (non-hydrogen) atoms. The second-order valence-corrected chi connectivity index (χ2v) is 2.94. The van der Waals surface area contributed by atoms with Crippen LogP contribution < -0.4 is 5.56 Å². The number of aromatic amines is 1. The van der Waals surface area contributed by atoms with Crippen molar-refractivity contribution in [2.24, 2.45) is 0 Å². The van der Waals surface area contributed by atoms with Gasteiger partial charge in [-0.25, -0.2) is 4.98 Å². The Morgan fingerprint density at radius 2 is 2.29 bits per heavy atom. The van der Waals surface area contributed by atoms with Crippen molar-refractivity contribution in [3.63, 3.8) is 0 Å². The minimum atomic E-state index is -0.155. The maximum absolute atomic E-state index is 11.0. The van der Waals surface area contributed by atoms with E-state index >= 15 is 0 Å². The molecule has 4 heteroatoms. The first-order valence-electron chi connectivity index (χ1n) is 3.94. The highest BCUT2D eigenvalue weighted by Gasteiger charge is 1.95. The van der Waals surface area contributed by atoms with E-state index in [4.69, 9.17) is 0 Å². The smallest absolute Gasteiger partial charge is 0.249 e. The lowest BCUT2D eigenvalue weighted by atomic mass is 10.2. The van der Waals surface area contributed by atoms with E-state index in [2.05, 4.69) is 33.8 Å². The zero-order valence-corrected chi connectivity index (χ0v) is 8.01. The first-order valence-corrected chi connectivity index (χ1v) is 4.38. The van der Waals surface area contributed by atoms with Gasteiger partial charge in [-0.2, -0.15) is 0 Å². The number of pyridine rings is 2. The van der Waals surface area contributed by atoms with Crippen LogP contribution in [0.4, 0.5) is 0 Å². The molecule has 68 valence electrons. The monoisotopic (exact) mass is 202 g/mol. The molecule has 0 atom stereocenters. The molecule has 2 heterocycles. The van der Waals surface area contributed by atoms with Gasteiger partial charge in [-0.3, -0.25) is 4.79 Å². The van der Waals surface area contributed by atoms with E-state index in [1.54, 1.807) is 12.3 Å². The van der Waals surface area contributed by atoms with Gasteiger partial charge in [0.2, 0.25) is 5.56 Å². The molecule has 0 aliphatic heterocycles. The van der Waals surface area contributed by atoms with Gasteiger partial charge in [-0.15, -0.1) is 0 Å². The minimum absolute atomic E-state index is 0.155. The summed E-state index contributed by atoms with van der Waals surface area (Å²) in [7, 11) is 0. The second-order valence-electron chi connectivity index (χ2n) is 2.72. The largest absolute Gasteiger partial charge is 0.307 e. The molecule has 2 rings (SSSR count). The fraction of sp³-hybridized carbons (Fsp3) is 0. The van der Waals surface area contributed by atoms with Gasteiger partial charge >= 0.3 is 0 Å². The molecule has 2 aromatic heterocycles. The minimum Gasteiger partial charge on any atom is -0.307 e. The normalized spacial score (nSPS) is 9.50. The van der Waals surface area contributed by atoms with Crippen molar-refractivity contribution in [3.05, 3.63) is 40.3 Å². The molecule has 0 aromatic carbocycles. The van der Waals surface area contributed by atoms with Crippen LogP contribution in [0, 0.1) is 11.2 Å². The van der Waals surface area contributed by atoms with Gasteiger partial charge in [0.05, 0.1) is 0 Å². The van der Waals surface area contributed by atoms with Crippen LogP contribution in [0.5, 0.6) is 0 Å². The summed E-state index contributed by atoms with van der Waals surface area (Å²) in [4.78, 5) is 17.7. The quantitative estimate of drug-likeness (QED) is 0.497. The summed E-state index contributed by atoms with van der Waals surface area (Å²) < 4.78 is 0. The van der Waals surface area contributed by atoms with E-state index in [9.17, 15) is 4.79 Å². The number of nitrogens with zero attached hydrogens (tertiary/aromatic N) is 1. The molecule has 0 aliphatic rings. The SMILES string of the molecule is O=c1ccc2cc(C#CS)cnc2[nH]1. The lowest BCUT2D eigenvalue weighted by molar-refractivity contribution is 1.23. The molecule has 0 saturated heterocycles. The number of nitrogens with one attached hydrogen (secondary N) is 1. The van der Waals surface area contributed by atoms with E-state index in [0.29, 0.717) is 5.65 Å². The van der Waals surface area contributed by atoms with Crippen molar-refractivity contribution in [2.45, 2.75) is 0 Å². The third-order valence-corrected chi connectivity index (χ3v) is 1.89. The fourth-order valence-electron chi connectivity index (χ4n) is 1.17. The molecule has 1 N–H and O–H groups in total. The van der Waals surface area contributed by atoms with Gasteiger partial charge < -0.3 is 4.98 Å². The highest BCUT2D eigenvalue weighted by molar-refractivity contribution is 7.85. The summed E-state index contributed by atoms with van der Waals surface area (Å²) in [6, 6.07) is 5.02. The molecular weight excluding hydrogens is 196 g/mol. The number of hydrogen-bond donors (Lipinski definition) is 2. The van der Waals surface area contributed by atoms with Crippen molar-refractivity contribution < 1.29 is 0 Å². The number of thiol groups is 1. The van der Waals surface area contributed by atoms with E-state index in [0.717, 1.165) is 10.9 Å². The lowest BCUT2D eigenvalue weighted by Gasteiger charge is -1.95. The first kappa shape index (κ1) is 8.85. The molecule has 0 aliphatic carbocycles. The Labute approximate surface area is 85.6 Å². The van der Waals surface area contributed by atoms with Gasteiger partial charge in [0.1, 0.15) is 5.65 Å². The highest BCUT2D eigenvalue weighted by atomic mass is 32.1. The van der Waals surface area contributed by atoms with Gasteiger partial charge in [0.15, 0.2) is 0 Å². The van der Waals surface area contributed by atoms with Gasteiger partial charge in [0.25, 0.3) is 0 Å². The van der Waals surface area contributed by atoms with Crippen LogP contribution in [-0.4, -0.2) is 9.97 Å². The Balaban J connectivity index is 2.71. The van der Waals surface area contributed by atoms with E-state index in [1.807, 2.05) is 6.07 Å². The Morgan fingerprint density at radius 3 is 3.07 bits per heavy atom. The van der Waals surface area contributed by atoms with Crippen LogP contribution >= 0.6 is 12.6 Å². The summed E-state index contributed by atoms with van der Waals surface area (Å²) >= 11 is 3.80. The molecule has 0 unspecified atom stereocenters. The van der Waals surface area contributed by atoms with Crippen molar-refractivity contribution in [1.29, 1.82) is 0 Å². The van der Waals surface area contributed by atoms with Crippen molar-refractivity contribution in [1.82, 2.24) is 9.97 Å². The van der Waals surface area contributed by atoms with Crippen molar-refractivity contribution in [2.75, 3.05) is 0 Å². The topological polar surface area (TPSA) is 45.8 Å². The van der Waals surface area contributed by atoms with Crippen LogP contribution in [0.2, 0.25) is 0 Å². The predicted molar refractivity (Wildman–Crippen MR) is 58.2 cm³/mol. The summed E-state index contributed by atoms with van der Waals surface area (Å²) in [5.74, 6) is 2.77. The summed E-state index contributed by atoms with van der Waals surface area (Å²) in [5.41, 5.74) is 1.19. The average molecular weight is 202 g/mol. The van der Waals surface area contributed by atoms with Crippen molar-refractivity contribution in [3.8, 4) is 11.2 Å². The zero-order valence-electron chi connectivity index (χ0n) is 7.11. The van der Waals surface area contributed by atoms with Crippen LogP contribution in [0.1, 0.15) is 5.56 Å². The van der Waals surface area contributed by atoms with E-state index < -0.39 is 0 Å². The molecule has 0 fully saturated rings. The average Bonchev–Trinajstić information content (AvgIpc) is 2.19. The molecular formula is C10H6N2OS. The second kappa shape index (κ2) is 3.56. The Kier molecular flexibility index (Phi) is 2.25. The number of rotatable bonds is 0. The van der Waals surface area contributed by atoms with Crippen molar-refractivity contribution >= 4 is 23.7 Å². The Bertz CT molecular complexity index is 592. The number of hydrogen-bond acceptors (Lipinski definition) is 3. The molecule has 0 bridgehead atoms. The van der Waals surface area contributed by atoms with Gasteiger partial charge in [0, 0.05) is 23.2 Å². The number of H-pyrrole nitrogens is 1. The molecule has 0 saturated carbocycles. The lowest BCUT2D eigenvalue weighted by Crippen LogP contribution is -2.03. The van der Waals surface area contributed by atoms with Gasteiger partial charge in [-0.1, -0.05) is 18.5 Å².